The average molecular weight is 395 g/mol. The minimum atomic E-state index is -1.22. The molecule has 2 N–H and O–H groups in total. The first-order valence-corrected chi connectivity index (χ1v) is 7.78. The number of fused-ring (bicyclic) bond motifs is 1. The molecule has 0 spiro atoms. The van der Waals surface area contributed by atoms with E-state index in [9.17, 15) is 15.0 Å². The van der Waals surface area contributed by atoms with Gasteiger partial charge in [0.05, 0.1) is 21.8 Å². The van der Waals surface area contributed by atoms with E-state index < -0.39 is 11.9 Å². The number of carboxylic acid groups (broad SMARTS) is 1. The van der Waals surface area contributed by atoms with E-state index in [1.165, 1.54) is 12.1 Å². The van der Waals surface area contributed by atoms with E-state index >= 15 is 0 Å². The Morgan fingerprint density at radius 2 is 1.88 bits per heavy atom. The number of nitrogens with zero attached hydrogens (tertiary/aromatic N) is 1. The maximum atomic E-state index is 11.9. The number of aromatic nitrogens is 1. The van der Waals surface area contributed by atoms with E-state index in [-0.39, 0.29) is 45.8 Å². The molecular formula is C18H9Cl2N2NaO3. The van der Waals surface area contributed by atoms with Crippen molar-refractivity contribution in [1.82, 2.24) is 4.98 Å². The zero-order chi connectivity index (χ0) is 18.0. The van der Waals surface area contributed by atoms with Gasteiger partial charge < -0.3 is 15.2 Å². The van der Waals surface area contributed by atoms with Crippen molar-refractivity contribution >= 4 is 51.7 Å². The molecule has 0 fully saturated rings. The molecule has 0 aliphatic heterocycles. The van der Waals surface area contributed by atoms with E-state index in [0.29, 0.717) is 21.6 Å². The number of para-hydroxylation sites is 1. The van der Waals surface area contributed by atoms with Crippen molar-refractivity contribution in [2.45, 2.75) is 0 Å². The van der Waals surface area contributed by atoms with Gasteiger partial charge in [0.15, 0.2) is 0 Å². The minimum absolute atomic E-state index is 0. The van der Waals surface area contributed by atoms with Crippen LogP contribution in [0, 0.1) is 11.8 Å². The van der Waals surface area contributed by atoms with Gasteiger partial charge in [-0.15, -0.1) is 0 Å². The fraction of sp³-hybridized carbons (Fsp3) is 0. The Balaban J connectivity index is 0.00000243. The number of carbonyl (C=O) groups is 1. The molecule has 0 unspecified atom stereocenters. The number of aromatic amines is 1. The summed E-state index contributed by atoms with van der Waals surface area (Å²) in [4.78, 5) is 18.0. The SMILES string of the molecule is O=C(O)c1[nH]c2cc(Cl)cc(Cl)c2c1C#CC([O-])=Nc1ccccc1.[Na+]. The molecule has 26 heavy (non-hydrogen) atoms. The normalized spacial score (nSPS) is 10.8. The van der Waals surface area contributed by atoms with Crippen LogP contribution in [0.25, 0.3) is 10.9 Å². The summed E-state index contributed by atoms with van der Waals surface area (Å²) in [6, 6.07) is 11.6. The standard InChI is InChI=1S/C18H10Cl2N2O3.Na/c19-10-8-13(20)16-12(17(18(24)25)22-14(16)9-10)6-7-15(23)21-11-4-2-1-3-5-11;/h1-5,8-9,22H,(H,21,23)(H,24,25);/q;+1/p-1. The van der Waals surface area contributed by atoms with Gasteiger partial charge in [-0.05, 0) is 24.3 Å². The van der Waals surface area contributed by atoms with Crippen molar-refractivity contribution in [2.75, 3.05) is 0 Å². The number of hydrogen-bond acceptors (Lipinski definition) is 3. The van der Waals surface area contributed by atoms with Gasteiger partial charge in [0.25, 0.3) is 0 Å². The third-order valence-electron chi connectivity index (χ3n) is 3.31. The molecule has 0 saturated heterocycles. The molecule has 8 heteroatoms. The summed E-state index contributed by atoms with van der Waals surface area (Å²) in [6.07, 6.45) is 0. The number of aromatic carboxylic acids is 1. The van der Waals surface area contributed by atoms with Gasteiger partial charge in [-0.2, -0.15) is 0 Å². The summed E-state index contributed by atoms with van der Waals surface area (Å²) in [5.74, 6) is 2.98. The predicted octanol–water partition coefficient (Wildman–Crippen LogP) is 0.619. The van der Waals surface area contributed by atoms with E-state index in [1.807, 2.05) is 0 Å². The molecule has 0 atom stereocenters. The number of H-pyrrole nitrogens is 1. The molecule has 1 aromatic heterocycles. The maximum Gasteiger partial charge on any atom is 1.00 e. The van der Waals surface area contributed by atoms with Crippen molar-refractivity contribution in [3.8, 4) is 11.8 Å². The number of aliphatic imine (C=N–C) groups is 1. The molecule has 2 aromatic carbocycles. The minimum Gasteiger partial charge on any atom is -0.852 e. The summed E-state index contributed by atoms with van der Waals surface area (Å²) in [5, 5.41) is 22.2. The topological polar surface area (TPSA) is 88.5 Å². The number of nitrogens with one attached hydrogen (secondary N) is 1. The van der Waals surface area contributed by atoms with E-state index in [0.717, 1.165) is 0 Å². The Morgan fingerprint density at radius 3 is 2.54 bits per heavy atom. The van der Waals surface area contributed by atoms with Gasteiger partial charge >= 0.3 is 35.5 Å². The number of carboxylic acids is 1. The van der Waals surface area contributed by atoms with Crippen molar-refractivity contribution in [3.05, 3.63) is 63.8 Å². The zero-order valence-electron chi connectivity index (χ0n) is 13.5. The second-order valence-corrected chi connectivity index (χ2v) is 5.84. The molecule has 3 aromatic rings. The zero-order valence-corrected chi connectivity index (χ0v) is 17.0. The third-order valence-corrected chi connectivity index (χ3v) is 3.83. The fourth-order valence-corrected chi connectivity index (χ4v) is 2.89. The molecule has 1 heterocycles. The van der Waals surface area contributed by atoms with Crippen molar-refractivity contribution < 1.29 is 44.6 Å². The molecule has 3 rings (SSSR count). The predicted molar refractivity (Wildman–Crippen MR) is 95.7 cm³/mol. The average Bonchev–Trinajstić information content (AvgIpc) is 2.93. The molecule has 0 bridgehead atoms. The van der Waals surface area contributed by atoms with Gasteiger partial charge in [0.2, 0.25) is 0 Å². The van der Waals surface area contributed by atoms with Crippen LogP contribution in [0.1, 0.15) is 16.1 Å². The number of benzene rings is 2. The van der Waals surface area contributed by atoms with E-state index in [4.69, 9.17) is 23.2 Å². The Morgan fingerprint density at radius 1 is 1.19 bits per heavy atom. The van der Waals surface area contributed by atoms with Gasteiger partial charge in [0.1, 0.15) is 5.69 Å². The maximum absolute atomic E-state index is 11.9. The van der Waals surface area contributed by atoms with Gasteiger partial charge in [-0.3, -0.25) is 4.99 Å². The summed E-state index contributed by atoms with van der Waals surface area (Å²) in [6.45, 7) is 0. The summed E-state index contributed by atoms with van der Waals surface area (Å²) in [7, 11) is 0. The van der Waals surface area contributed by atoms with Gasteiger partial charge in [-0.1, -0.05) is 53.2 Å². The molecule has 0 aliphatic rings. The van der Waals surface area contributed by atoms with Crippen molar-refractivity contribution in [1.29, 1.82) is 0 Å². The van der Waals surface area contributed by atoms with E-state index in [1.54, 1.807) is 30.3 Å². The van der Waals surface area contributed by atoms with Crippen LogP contribution >= 0.6 is 23.2 Å². The summed E-state index contributed by atoms with van der Waals surface area (Å²) < 4.78 is 0. The Kier molecular flexibility index (Phi) is 6.76. The number of hydrogen-bond donors (Lipinski definition) is 2. The van der Waals surface area contributed by atoms with Crippen LogP contribution in [0.2, 0.25) is 10.0 Å². The molecule has 0 aliphatic carbocycles. The largest absolute Gasteiger partial charge is 1.00 e. The van der Waals surface area contributed by atoms with Crippen LogP contribution in [0.4, 0.5) is 5.69 Å². The van der Waals surface area contributed by atoms with Crippen LogP contribution in [0.15, 0.2) is 47.5 Å². The van der Waals surface area contributed by atoms with Crippen LogP contribution in [0.3, 0.4) is 0 Å². The second-order valence-electron chi connectivity index (χ2n) is 4.99. The first-order chi connectivity index (χ1) is 12.0. The van der Waals surface area contributed by atoms with Crippen LogP contribution < -0.4 is 34.7 Å². The number of rotatable bonds is 2. The Bertz CT molecular complexity index is 1070. The fourth-order valence-electron chi connectivity index (χ4n) is 2.30. The van der Waals surface area contributed by atoms with Gasteiger partial charge in [0, 0.05) is 16.3 Å². The Hall–Kier alpha value is -1.94. The van der Waals surface area contributed by atoms with Gasteiger partial charge in [-0.25, -0.2) is 4.79 Å². The second kappa shape index (κ2) is 8.63. The first-order valence-electron chi connectivity index (χ1n) is 7.02. The monoisotopic (exact) mass is 394 g/mol. The van der Waals surface area contributed by atoms with Crippen molar-refractivity contribution in [3.63, 3.8) is 0 Å². The molecule has 124 valence electrons. The third kappa shape index (κ3) is 4.42. The van der Waals surface area contributed by atoms with Crippen LogP contribution in [-0.4, -0.2) is 22.0 Å². The van der Waals surface area contributed by atoms with Crippen LogP contribution in [-0.2, 0) is 0 Å². The molecule has 5 nitrogen and oxygen atoms in total. The number of halogens is 2. The summed E-state index contributed by atoms with van der Waals surface area (Å²) in [5.41, 5.74) is 0.829. The molecule has 0 amide bonds. The molecule has 0 radical (unpaired) electrons. The quantitative estimate of drug-likeness (QED) is 0.289. The summed E-state index contributed by atoms with van der Waals surface area (Å²) >= 11 is 12.1. The molecular weight excluding hydrogens is 386 g/mol. The molecule has 0 saturated carbocycles. The smallest absolute Gasteiger partial charge is 0.852 e. The van der Waals surface area contributed by atoms with Crippen molar-refractivity contribution in [2.24, 2.45) is 4.99 Å². The van der Waals surface area contributed by atoms with Crippen LogP contribution in [0.5, 0.6) is 0 Å². The first kappa shape index (κ1) is 20.4. The Labute approximate surface area is 181 Å². The van der Waals surface area contributed by atoms with E-state index in [2.05, 4.69) is 21.8 Å².